The molecule has 2 aliphatic rings. The first-order chi connectivity index (χ1) is 14.8. The Bertz CT molecular complexity index is 754. The molecule has 1 N–H and O–H groups in total. The lowest BCUT2D eigenvalue weighted by atomic mass is 9.98. The fraction of sp³-hybridized carbons (Fsp3) is 0.542. The number of ether oxygens (including phenoxy) is 1. The average molecular weight is 428 g/mol. The minimum Gasteiger partial charge on any atom is -0.381 e. The summed E-state index contributed by atoms with van der Waals surface area (Å²) in [5, 5.41) is 5.36. The van der Waals surface area contributed by atoms with E-state index in [4.69, 9.17) is 4.74 Å². The quantitative estimate of drug-likeness (QED) is 0.722. The predicted molar refractivity (Wildman–Crippen MR) is 122 cm³/mol. The number of nitrogens with zero attached hydrogens (tertiary/aromatic N) is 2. The molecule has 0 atom stereocenters. The third kappa shape index (κ3) is 5.84. The Kier molecular flexibility index (Phi) is 7.78. The second-order valence-electron chi connectivity index (χ2n) is 8.31. The van der Waals surface area contributed by atoms with Gasteiger partial charge in [-0.2, -0.15) is 0 Å². The van der Waals surface area contributed by atoms with Crippen LogP contribution in [0.2, 0.25) is 0 Å². The first-order valence-corrected chi connectivity index (χ1v) is 12.1. The van der Waals surface area contributed by atoms with Crippen molar-refractivity contribution in [3.63, 3.8) is 0 Å². The van der Waals surface area contributed by atoms with E-state index in [1.807, 2.05) is 17.4 Å². The summed E-state index contributed by atoms with van der Waals surface area (Å²) in [5.41, 5.74) is 1.26. The Hall–Kier alpha value is -1.89. The zero-order valence-electron chi connectivity index (χ0n) is 17.7. The Labute approximate surface area is 184 Å². The van der Waals surface area contributed by atoms with Gasteiger partial charge in [0.05, 0.1) is 0 Å². The van der Waals surface area contributed by atoms with Crippen LogP contribution < -0.4 is 5.32 Å². The number of hydrogen-bond donors (Lipinski definition) is 1. The molecule has 2 aromatic rings. The Morgan fingerprint density at radius 3 is 2.47 bits per heavy atom. The molecule has 0 radical (unpaired) electrons. The van der Waals surface area contributed by atoms with Crippen molar-refractivity contribution >= 4 is 17.4 Å². The SMILES string of the molecule is O=C(NCCc1ccccc1)N(C1CCOCC1)C1CCN(Cc2cccs2)CC1. The molecule has 2 fully saturated rings. The van der Waals surface area contributed by atoms with Gasteiger partial charge in [-0.15, -0.1) is 11.3 Å². The molecular weight excluding hydrogens is 394 g/mol. The fourth-order valence-electron chi connectivity index (χ4n) is 4.62. The molecule has 162 valence electrons. The molecule has 1 aromatic carbocycles. The molecular formula is C24H33N3O2S. The smallest absolute Gasteiger partial charge is 0.317 e. The summed E-state index contributed by atoms with van der Waals surface area (Å²) >= 11 is 1.83. The van der Waals surface area contributed by atoms with Crippen molar-refractivity contribution in [3.8, 4) is 0 Å². The summed E-state index contributed by atoms with van der Waals surface area (Å²) in [6.45, 7) is 5.34. The molecule has 0 unspecified atom stereocenters. The maximum Gasteiger partial charge on any atom is 0.317 e. The van der Waals surface area contributed by atoms with E-state index in [0.29, 0.717) is 18.6 Å². The molecule has 6 heteroatoms. The van der Waals surface area contributed by atoms with E-state index in [1.165, 1.54) is 10.4 Å². The van der Waals surface area contributed by atoms with Crippen molar-refractivity contribution in [1.82, 2.24) is 15.1 Å². The van der Waals surface area contributed by atoms with Crippen LogP contribution >= 0.6 is 11.3 Å². The number of benzene rings is 1. The van der Waals surface area contributed by atoms with Crippen molar-refractivity contribution in [3.05, 3.63) is 58.3 Å². The van der Waals surface area contributed by atoms with E-state index >= 15 is 0 Å². The molecule has 0 spiro atoms. The maximum atomic E-state index is 13.2. The number of piperidine rings is 1. The first-order valence-electron chi connectivity index (χ1n) is 11.2. The van der Waals surface area contributed by atoms with Crippen LogP contribution in [0, 0.1) is 0 Å². The standard InChI is InChI=1S/C24H33N3O2S/c28-24(25-13-8-20-5-2-1-3-6-20)27(22-11-16-29-17-12-22)21-9-14-26(15-10-21)19-23-7-4-18-30-23/h1-7,18,21-22H,8-17,19H2,(H,25,28). The second-order valence-corrected chi connectivity index (χ2v) is 9.34. The molecule has 5 nitrogen and oxygen atoms in total. The number of rotatable bonds is 7. The number of carbonyl (C=O) groups is 1. The molecule has 1 aromatic heterocycles. The molecule has 0 aliphatic carbocycles. The van der Waals surface area contributed by atoms with Crippen LogP contribution in [0.25, 0.3) is 0 Å². The van der Waals surface area contributed by atoms with Crippen LogP contribution in [0.1, 0.15) is 36.1 Å². The zero-order chi connectivity index (χ0) is 20.6. The number of hydrogen-bond acceptors (Lipinski definition) is 4. The van der Waals surface area contributed by atoms with Crippen LogP contribution in [-0.2, 0) is 17.7 Å². The van der Waals surface area contributed by atoms with Crippen molar-refractivity contribution in [2.75, 3.05) is 32.8 Å². The summed E-state index contributed by atoms with van der Waals surface area (Å²) in [6.07, 6.45) is 4.86. The van der Waals surface area contributed by atoms with Gasteiger partial charge >= 0.3 is 6.03 Å². The van der Waals surface area contributed by atoms with Gasteiger partial charge in [-0.05, 0) is 49.1 Å². The summed E-state index contributed by atoms with van der Waals surface area (Å²) in [5.74, 6) is 0. The molecule has 0 saturated carbocycles. The zero-order valence-corrected chi connectivity index (χ0v) is 18.5. The summed E-state index contributed by atoms with van der Waals surface area (Å²) in [6, 6.07) is 15.4. The Balaban J connectivity index is 1.33. The normalized spacial score (nSPS) is 18.9. The predicted octanol–water partition coefficient (Wildman–Crippen LogP) is 4.15. The van der Waals surface area contributed by atoms with Gasteiger partial charge < -0.3 is 15.0 Å². The van der Waals surface area contributed by atoms with Gasteiger partial charge in [0.1, 0.15) is 0 Å². The minimum absolute atomic E-state index is 0.106. The topological polar surface area (TPSA) is 44.8 Å². The second kappa shape index (κ2) is 10.9. The molecule has 2 saturated heterocycles. The summed E-state index contributed by atoms with van der Waals surface area (Å²) < 4.78 is 5.57. The summed E-state index contributed by atoms with van der Waals surface area (Å²) in [7, 11) is 0. The van der Waals surface area contributed by atoms with E-state index in [1.54, 1.807) is 0 Å². The number of thiophene rings is 1. The van der Waals surface area contributed by atoms with Crippen molar-refractivity contribution in [1.29, 1.82) is 0 Å². The van der Waals surface area contributed by atoms with Gasteiger partial charge in [0, 0.05) is 56.4 Å². The van der Waals surface area contributed by atoms with Gasteiger partial charge in [0.2, 0.25) is 0 Å². The third-order valence-electron chi connectivity index (χ3n) is 6.26. The van der Waals surface area contributed by atoms with E-state index in [9.17, 15) is 4.79 Å². The lowest BCUT2D eigenvalue weighted by Gasteiger charge is -2.43. The molecule has 3 heterocycles. The van der Waals surface area contributed by atoms with E-state index in [0.717, 1.165) is 65.0 Å². The average Bonchev–Trinajstić information content (AvgIpc) is 3.30. The van der Waals surface area contributed by atoms with Crippen LogP contribution in [-0.4, -0.2) is 60.8 Å². The van der Waals surface area contributed by atoms with Gasteiger partial charge in [0.25, 0.3) is 0 Å². The lowest BCUT2D eigenvalue weighted by molar-refractivity contribution is 0.0205. The molecule has 2 aliphatic heterocycles. The highest BCUT2D eigenvalue weighted by Crippen LogP contribution is 2.25. The van der Waals surface area contributed by atoms with Gasteiger partial charge in [0.15, 0.2) is 0 Å². The van der Waals surface area contributed by atoms with Crippen molar-refractivity contribution in [2.45, 2.75) is 50.7 Å². The number of carbonyl (C=O) groups excluding carboxylic acids is 1. The molecule has 0 bridgehead atoms. The van der Waals surface area contributed by atoms with Gasteiger partial charge in [-0.3, -0.25) is 4.90 Å². The van der Waals surface area contributed by atoms with E-state index in [2.05, 4.69) is 56.9 Å². The molecule has 30 heavy (non-hydrogen) atoms. The number of nitrogens with one attached hydrogen (secondary N) is 1. The van der Waals surface area contributed by atoms with Crippen LogP contribution in [0.15, 0.2) is 47.8 Å². The van der Waals surface area contributed by atoms with E-state index in [-0.39, 0.29) is 6.03 Å². The van der Waals surface area contributed by atoms with E-state index < -0.39 is 0 Å². The highest BCUT2D eigenvalue weighted by molar-refractivity contribution is 7.09. The Morgan fingerprint density at radius 1 is 1.03 bits per heavy atom. The van der Waals surface area contributed by atoms with Gasteiger partial charge in [-0.25, -0.2) is 4.79 Å². The fourth-order valence-corrected chi connectivity index (χ4v) is 5.37. The largest absolute Gasteiger partial charge is 0.381 e. The van der Waals surface area contributed by atoms with Crippen LogP contribution in [0.4, 0.5) is 4.79 Å². The minimum atomic E-state index is 0.106. The van der Waals surface area contributed by atoms with Crippen molar-refractivity contribution in [2.24, 2.45) is 0 Å². The number of urea groups is 1. The highest BCUT2D eigenvalue weighted by atomic mass is 32.1. The highest BCUT2D eigenvalue weighted by Gasteiger charge is 2.34. The molecule has 2 amide bonds. The molecule has 4 rings (SSSR count). The summed E-state index contributed by atoms with van der Waals surface area (Å²) in [4.78, 5) is 19.4. The first kappa shape index (κ1) is 21.3. The third-order valence-corrected chi connectivity index (χ3v) is 7.12. The monoisotopic (exact) mass is 427 g/mol. The van der Waals surface area contributed by atoms with Crippen LogP contribution in [0.3, 0.4) is 0 Å². The Morgan fingerprint density at radius 2 is 1.77 bits per heavy atom. The maximum absolute atomic E-state index is 13.2. The van der Waals surface area contributed by atoms with Crippen LogP contribution in [0.5, 0.6) is 0 Å². The number of likely N-dealkylation sites (tertiary alicyclic amines) is 1. The lowest BCUT2D eigenvalue weighted by Crippen LogP contribution is -2.56. The van der Waals surface area contributed by atoms with Crippen molar-refractivity contribution < 1.29 is 9.53 Å². The van der Waals surface area contributed by atoms with Gasteiger partial charge in [-0.1, -0.05) is 36.4 Å². The number of amides is 2.